The summed E-state index contributed by atoms with van der Waals surface area (Å²) >= 11 is 0. The van der Waals surface area contributed by atoms with Crippen LogP contribution in [-0.2, 0) is 6.42 Å². The summed E-state index contributed by atoms with van der Waals surface area (Å²) in [6.45, 7) is 4.51. The molecule has 5 nitrogen and oxygen atoms in total. The smallest absolute Gasteiger partial charge is 0.269 e. The van der Waals surface area contributed by atoms with Gasteiger partial charge < -0.3 is 10.6 Å². The molecule has 2 amide bonds. The summed E-state index contributed by atoms with van der Waals surface area (Å²) in [6.07, 6.45) is 3.21. The molecule has 2 aromatic carbocycles. The summed E-state index contributed by atoms with van der Waals surface area (Å²) in [5.41, 5.74) is 4.76. The van der Waals surface area contributed by atoms with Crippen molar-refractivity contribution in [1.82, 2.24) is 10.3 Å². The van der Waals surface area contributed by atoms with E-state index >= 15 is 0 Å². The zero-order valence-electron chi connectivity index (χ0n) is 16.7. The summed E-state index contributed by atoms with van der Waals surface area (Å²) in [5.74, 6) is -0.543. The third kappa shape index (κ3) is 5.51. The normalized spacial score (nSPS) is 10.4. The van der Waals surface area contributed by atoms with E-state index in [0.29, 0.717) is 12.1 Å². The standard InChI is InChI=1S/C24H25N3O2/c1-17-8-6-12-21(18(17)2)27-23(28)20-13-15-25-22(16-20)24(29)26-14-7-11-19-9-4-3-5-10-19/h3-6,8-10,12-13,15-16H,7,11,14H2,1-2H3,(H,26,29)(H,27,28). The molecule has 0 aliphatic heterocycles. The minimum Gasteiger partial charge on any atom is -0.351 e. The summed E-state index contributed by atoms with van der Waals surface area (Å²) in [4.78, 5) is 29.1. The lowest BCUT2D eigenvalue weighted by atomic mass is 10.1. The molecule has 0 bridgehead atoms. The van der Waals surface area contributed by atoms with E-state index in [1.807, 2.05) is 50.2 Å². The predicted molar refractivity (Wildman–Crippen MR) is 115 cm³/mol. The number of amides is 2. The van der Waals surface area contributed by atoms with Gasteiger partial charge in [0.05, 0.1) is 0 Å². The van der Waals surface area contributed by atoms with E-state index in [4.69, 9.17) is 0 Å². The Morgan fingerprint density at radius 2 is 1.72 bits per heavy atom. The molecule has 0 aliphatic carbocycles. The van der Waals surface area contributed by atoms with Crippen LogP contribution in [0.1, 0.15) is 44.0 Å². The Morgan fingerprint density at radius 3 is 2.52 bits per heavy atom. The Balaban J connectivity index is 1.57. The number of aromatic nitrogens is 1. The van der Waals surface area contributed by atoms with Crippen molar-refractivity contribution < 1.29 is 9.59 Å². The molecule has 29 heavy (non-hydrogen) atoms. The number of aryl methyl sites for hydroxylation is 2. The van der Waals surface area contributed by atoms with Gasteiger partial charge in [-0.05, 0) is 61.6 Å². The van der Waals surface area contributed by atoms with Crippen LogP contribution in [0.15, 0.2) is 66.9 Å². The van der Waals surface area contributed by atoms with Gasteiger partial charge in [0.15, 0.2) is 0 Å². The monoisotopic (exact) mass is 387 g/mol. The van der Waals surface area contributed by atoms with Gasteiger partial charge in [0.1, 0.15) is 5.69 Å². The van der Waals surface area contributed by atoms with E-state index in [2.05, 4.69) is 27.8 Å². The molecule has 0 saturated heterocycles. The highest BCUT2D eigenvalue weighted by molar-refractivity contribution is 6.06. The Kier molecular flexibility index (Phi) is 6.74. The first kappa shape index (κ1) is 20.3. The van der Waals surface area contributed by atoms with E-state index in [0.717, 1.165) is 29.7 Å². The van der Waals surface area contributed by atoms with Crippen LogP contribution >= 0.6 is 0 Å². The van der Waals surface area contributed by atoms with Gasteiger partial charge in [-0.2, -0.15) is 0 Å². The minimum absolute atomic E-state index is 0.235. The molecule has 0 aliphatic rings. The van der Waals surface area contributed by atoms with Crippen LogP contribution < -0.4 is 10.6 Å². The van der Waals surface area contributed by atoms with E-state index in [-0.39, 0.29) is 17.5 Å². The van der Waals surface area contributed by atoms with Gasteiger partial charge in [0, 0.05) is 24.0 Å². The van der Waals surface area contributed by atoms with Gasteiger partial charge in [0.25, 0.3) is 11.8 Å². The van der Waals surface area contributed by atoms with Gasteiger partial charge in [-0.25, -0.2) is 0 Å². The molecule has 0 saturated carbocycles. The van der Waals surface area contributed by atoms with Crippen molar-refractivity contribution in [3.63, 3.8) is 0 Å². The van der Waals surface area contributed by atoms with Crippen molar-refractivity contribution in [3.05, 3.63) is 94.8 Å². The SMILES string of the molecule is Cc1cccc(NC(=O)c2ccnc(C(=O)NCCCc3ccccc3)c2)c1C. The van der Waals surface area contributed by atoms with Gasteiger partial charge in [-0.15, -0.1) is 0 Å². The average molecular weight is 387 g/mol. The van der Waals surface area contributed by atoms with Gasteiger partial charge >= 0.3 is 0 Å². The van der Waals surface area contributed by atoms with Crippen LogP contribution in [0.2, 0.25) is 0 Å². The van der Waals surface area contributed by atoms with E-state index in [1.165, 1.54) is 17.8 Å². The third-order valence-corrected chi connectivity index (χ3v) is 4.88. The molecule has 0 fully saturated rings. The number of benzene rings is 2. The zero-order valence-corrected chi connectivity index (χ0v) is 16.7. The Labute approximate surface area is 171 Å². The first-order chi connectivity index (χ1) is 14.0. The van der Waals surface area contributed by atoms with Crippen LogP contribution in [0.3, 0.4) is 0 Å². The highest BCUT2D eigenvalue weighted by atomic mass is 16.2. The van der Waals surface area contributed by atoms with Crippen LogP contribution in [0.25, 0.3) is 0 Å². The number of hydrogen-bond donors (Lipinski definition) is 2. The molecule has 3 aromatic rings. The van der Waals surface area contributed by atoms with Crippen LogP contribution in [0, 0.1) is 13.8 Å². The van der Waals surface area contributed by atoms with E-state index in [1.54, 1.807) is 6.07 Å². The molecular formula is C24H25N3O2. The largest absolute Gasteiger partial charge is 0.351 e. The second kappa shape index (κ2) is 9.64. The lowest BCUT2D eigenvalue weighted by Crippen LogP contribution is -2.26. The highest BCUT2D eigenvalue weighted by Crippen LogP contribution is 2.19. The second-order valence-electron chi connectivity index (χ2n) is 6.98. The number of hydrogen-bond acceptors (Lipinski definition) is 3. The Hall–Kier alpha value is -3.47. The van der Waals surface area contributed by atoms with Gasteiger partial charge in [-0.1, -0.05) is 42.5 Å². The first-order valence-corrected chi connectivity index (χ1v) is 9.70. The van der Waals surface area contributed by atoms with Crippen molar-refractivity contribution >= 4 is 17.5 Å². The molecule has 5 heteroatoms. The molecule has 1 aromatic heterocycles. The lowest BCUT2D eigenvalue weighted by Gasteiger charge is -2.11. The molecule has 0 spiro atoms. The molecule has 3 rings (SSSR count). The molecule has 0 unspecified atom stereocenters. The molecular weight excluding hydrogens is 362 g/mol. The van der Waals surface area contributed by atoms with Crippen molar-refractivity contribution in [3.8, 4) is 0 Å². The fraction of sp³-hybridized carbons (Fsp3) is 0.208. The Morgan fingerprint density at radius 1 is 0.931 bits per heavy atom. The topological polar surface area (TPSA) is 71.1 Å². The maximum atomic E-state index is 12.6. The van der Waals surface area contributed by atoms with Gasteiger partial charge in [-0.3, -0.25) is 14.6 Å². The number of rotatable bonds is 7. The summed E-state index contributed by atoms with van der Waals surface area (Å²) in [5, 5.41) is 5.77. The second-order valence-corrected chi connectivity index (χ2v) is 6.98. The first-order valence-electron chi connectivity index (χ1n) is 9.70. The van der Waals surface area contributed by atoms with Crippen LogP contribution in [0.5, 0.6) is 0 Å². The Bertz CT molecular complexity index is 1000. The maximum Gasteiger partial charge on any atom is 0.269 e. The number of nitrogens with one attached hydrogen (secondary N) is 2. The lowest BCUT2D eigenvalue weighted by molar-refractivity contribution is 0.0948. The molecule has 0 radical (unpaired) electrons. The summed E-state index contributed by atoms with van der Waals surface area (Å²) in [7, 11) is 0. The number of nitrogens with zero attached hydrogens (tertiary/aromatic N) is 1. The van der Waals surface area contributed by atoms with Crippen molar-refractivity contribution in [2.75, 3.05) is 11.9 Å². The van der Waals surface area contributed by atoms with Gasteiger partial charge in [0.2, 0.25) is 0 Å². The number of anilines is 1. The quantitative estimate of drug-likeness (QED) is 0.593. The predicted octanol–water partition coefficient (Wildman–Crippen LogP) is 4.31. The highest BCUT2D eigenvalue weighted by Gasteiger charge is 2.13. The van der Waals surface area contributed by atoms with Crippen LogP contribution in [-0.4, -0.2) is 23.3 Å². The minimum atomic E-state index is -0.278. The fourth-order valence-electron chi connectivity index (χ4n) is 3.01. The van der Waals surface area contributed by atoms with Crippen molar-refractivity contribution in [2.24, 2.45) is 0 Å². The number of carbonyl (C=O) groups excluding carboxylic acids is 2. The fourth-order valence-corrected chi connectivity index (χ4v) is 3.01. The molecule has 0 atom stereocenters. The van der Waals surface area contributed by atoms with E-state index in [9.17, 15) is 9.59 Å². The molecule has 2 N–H and O–H groups in total. The number of pyridine rings is 1. The molecule has 148 valence electrons. The van der Waals surface area contributed by atoms with Crippen molar-refractivity contribution in [2.45, 2.75) is 26.7 Å². The summed E-state index contributed by atoms with van der Waals surface area (Å²) < 4.78 is 0. The van der Waals surface area contributed by atoms with Crippen LogP contribution in [0.4, 0.5) is 5.69 Å². The third-order valence-electron chi connectivity index (χ3n) is 4.88. The van der Waals surface area contributed by atoms with Crippen molar-refractivity contribution in [1.29, 1.82) is 0 Å². The summed E-state index contributed by atoms with van der Waals surface area (Å²) in [6, 6.07) is 19.0. The maximum absolute atomic E-state index is 12.6. The molecule has 1 heterocycles. The number of carbonyl (C=O) groups is 2. The van der Waals surface area contributed by atoms with E-state index < -0.39 is 0 Å². The average Bonchev–Trinajstić information content (AvgIpc) is 2.75. The zero-order chi connectivity index (χ0) is 20.6.